The van der Waals surface area contributed by atoms with Crippen molar-refractivity contribution in [2.75, 3.05) is 0 Å². The van der Waals surface area contributed by atoms with E-state index in [-0.39, 0.29) is 41.0 Å². The topological polar surface area (TPSA) is 67.1 Å². The van der Waals surface area contributed by atoms with Gasteiger partial charge in [0.25, 0.3) is 0 Å². The van der Waals surface area contributed by atoms with Gasteiger partial charge in [0.2, 0.25) is 0 Å². The molecule has 258 valence electrons. The molecule has 0 aromatic heterocycles. The normalized spacial score (nSPS) is 14.8. The monoisotopic (exact) mass is 640 g/mol. The van der Waals surface area contributed by atoms with Gasteiger partial charge in [0.1, 0.15) is 5.82 Å². The van der Waals surface area contributed by atoms with Gasteiger partial charge >= 0.3 is 0 Å². The van der Waals surface area contributed by atoms with Gasteiger partial charge in [-0.3, -0.25) is 4.79 Å². The predicted octanol–water partition coefficient (Wildman–Crippen LogP) is 9.90. The Hall–Kier alpha value is -3.63. The second kappa shape index (κ2) is 20.6. The third-order valence-electron chi connectivity index (χ3n) is 9.42. The first kappa shape index (κ1) is 41.4. The summed E-state index contributed by atoms with van der Waals surface area (Å²) in [6, 6.07) is 8.46. The Bertz CT molecular complexity index is 1340. The van der Waals surface area contributed by atoms with E-state index >= 15 is 0 Å². The van der Waals surface area contributed by atoms with Crippen molar-refractivity contribution in [2.45, 2.75) is 126 Å². The minimum absolute atomic E-state index is 0.0344. The number of hydrogen-bond acceptors (Lipinski definition) is 4. The van der Waals surface area contributed by atoms with Gasteiger partial charge in [-0.05, 0) is 98.2 Å². The zero-order valence-corrected chi connectivity index (χ0v) is 31.2. The molecule has 1 aromatic rings. The van der Waals surface area contributed by atoms with E-state index in [1.165, 1.54) is 16.7 Å². The van der Waals surface area contributed by atoms with E-state index in [4.69, 9.17) is 5.73 Å². The lowest BCUT2D eigenvalue weighted by atomic mass is 9.67. The average molecular weight is 640 g/mol. The highest BCUT2D eigenvalue weighted by Gasteiger charge is 2.35. The third kappa shape index (κ3) is 12.5. The maximum Gasteiger partial charge on any atom is 0.155 e. The largest absolute Gasteiger partial charge is 0.392 e. The minimum Gasteiger partial charge on any atom is -0.392 e. The number of Topliss-reactive ketones (excluding diaryl/α,β-unsaturated/α-hetero) is 1. The highest BCUT2D eigenvalue weighted by Crippen LogP contribution is 2.42. The molecule has 0 heterocycles. The van der Waals surface area contributed by atoms with Crippen LogP contribution in [-0.2, 0) is 17.6 Å². The maximum atomic E-state index is 14.0. The van der Waals surface area contributed by atoms with Gasteiger partial charge in [0, 0.05) is 18.0 Å². The van der Waals surface area contributed by atoms with Gasteiger partial charge in [-0.15, -0.1) is 17.2 Å². The smallest absolute Gasteiger partial charge is 0.155 e. The van der Waals surface area contributed by atoms with E-state index in [0.29, 0.717) is 23.9 Å². The molecule has 0 bridgehead atoms. The first-order valence-electron chi connectivity index (χ1n) is 17.8. The van der Waals surface area contributed by atoms with Crippen LogP contribution in [0.4, 0.5) is 0 Å². The zero-order valence-electron chi connectivity index (χ0n) is 31.2. The van der Waals surface area contributed by atoms with Crippen LogP contribution in [0.15, 0.2) is 96.2 Å². The van der Waals surface area contributed by atoms with Crippen LogP contribution in [0.25, 0.3) is 0 Å². The summed E-state index contributed by atoms with van der Waals surface area (Å²) in [5, 5.41) is 6.89. The fourth-order valence-electron chi connectivity index (χ4n) is 7.14. The van der Waals surface area contributed by atoms with Gasteiger partial charge in [0.15, 0.2) is 5.78 Å². The molecule has 2 rings (SSSR count). The van der Waals surface area contributed by atoms with E-state index in [9.17, 15) is 4.79 Å². The summed E-state index contributed by atoms with van der Waals surface area (Å²) in [6.45, 7) is 35.1. The number of ketones is 1. The van der Waals surface area contributed by atoms with Crippen LogP contribution < -0.4 is 16.4 Å². The standard InChI is InChI=1S/C41H59N3O.C2H6/c1-12-20-33(35(14-3)37(42)15-4)25-30(13-2)29(8)36(41(9,10)11)23-19-24-38(45)40(44-39(16-5)43-28(6)7)34-26-31-21-17-18-22-32(31)27-34;1-2/h17-18,21-22,28-29,33-34,36,40,43-44H,2-5,12,19-20,23-27,42H2,1,6-11H3;1-2H3/t29?,33?,36-,40?;/m0./s1. The Morgan fingerprint density at radius 1 is 0.936 bits per heavy atom. The molecule has 0 fully saturated rings. The molecular formula is C43H65N3O. The van der Waals surface area contributed by atoms with E-state index < -0.39 is 0 Å². The Morgan fingerprint density at radius 3 is 1.98 bits per heavy atom. The molecule has 0 radical (unpaired) electrons. The molecule has 0 saturated carbocycles. The first-order valence-corrected chi connectivity index (χ1v) is 17.8. The Labute approximate surface area is 288 Å². The van der Waals surface area contributed by atoms with Crippen LogP contribution in [0, 0.1) is 29.1 Å². The molecule has 4 N–H and O–H groups in total. The molecular weight excluding hydrogens is 574 g/mol. The fraction of sp³-hybridized carbons (Fsp3) is 0.558. The van der Waals surface area contributed by atoms with Crippen molar-refractivity contribution in [1.82, 2.24) is 10.6 Å². The van der Waals surface area contributed by atoms with Crippen molar-refractivity contribution in [3.63, 3.8) is 0 Å². The zero-order chi connectivity index (χ0) is 35.7. The second-order valence-corrected chi connectivity index (χ2v) is 14.1. The number of hydrogen-bond donors (Lipinski definition) is 3. The third-order valence-corrected chi connectivity index (χ3v) is 9.42. The number of carbonyl (C=O) groups excluding carboxylic acids is 1. The SMILES string of the molecule is C=C=C(NC(C)C)NC(C(=O)CCC[C@@H](C(C)C(=C=C)CC(CCC)C(=C=C)C(N)=C=C)C(C)(C)C)C1Cc2ccccc2C1.CC. The molecule has 1 aliphatic carbocycles. The van der Waals surface area contributed by atoms with Crippen LogP contribution >= 0.6 is 0 Å². The molecule has 3 unspecified atom stereocenters. The molecule has 0 aliphatic heterocycles. The van der Waals surface area contributed by atoms with Crippen LogP contribution in [0.1, 0.15) is 112 Å². The van der Waals surface area contributed by atoms with Gasteiger partial charge < -0.3 is 16.4 Å². The summed E-state index contributed by atoms with van der Waals surface area (Å²) in [5.74, 6) is 1.88. The average Bonchev–Trinajstić information content (AvgIpc) is 3.47. The van der Waals surface area contributed by atoms with E-state index in [1.807, 2.05) is 13.8 Å². The summed E-state index contributed by atoms with van der Waals surface area (Å²) in [4.78, 5) is 14.0. The van der Waals surface area contributed by atoms with E-state index in [1.54, 1.807) is 0 Å². The Kier molecular flexibility index (Phi) is 18.1. The number of allylic oxidation sites excluding steroid dienone is 2. The fourth-order valence-corrected chi connectivity index (χ4v) is 7.14. The van der Waals surface area contributed by atoms with E-state index in [2.05, 4.69) is 133 Å². The summed E-state index contributed by atoms with van der Waals surface area (Å²) >= 11 is 0. The van der Waals surface area contributed by atoms with Crippen LogP contribution in [0.2, 0.25) is 0 Å². The molecule has 0 saturated heterocycles. The number of benzene rings is 1. The van der Waals surface area contributed by atoms with Crippen molar-refractivity contribution in [1.29, 1.82) is 0 Å². The van der Waals surface area contributed by atoms with Crippen molar-refractivity contribution in [3.8, 4) is 0 Å². The number of carbonyl (C=O) groups is 1. The molecule has 1 aromatic carbocycles. The van der Waals surface area contributed by atoms with Crippen LogP contribution in [0.5, 0.6) is 0 Å². The van der Waals surface area contributed by atoms with Gasteiger partial charge in [-0.1, -0.05) is 111 Å². The minimum atomic E-state index is -0.302. The van der Waals surface area contributed by atoms with Crippen molar-refractivity contribution < 1.29 is 4.79 Å². The van der Waals surface area contributed by atoms with Gasteiger partial charge in [-0.2, -0.15) is 0 Å². The summed E-state index contributed by atoms with van der Waals surface area (Å²) in [6.07, 6.45) is 6.83. The van der Waals surface area contributed by atoms with E-state index in [0.717, 1.165) is 50.5 Å². The Balaban J connectivity index is 0.00000541. The summed E-state index contributed by atoms with van der Waals surface area (Å²) in [5.41, 5.74) is 23.7. The number of nitrogens with one attached hydrogen (secondary N) is 2. The lowest BCUT2D eigenvalue weighted by Gasteiger charge is -2.37. The molecule has 47 heavy (non-hydrogen) atoms. The van der Waals surface area contributed by atoms with Crippen molar-refractivity contribution in [2.24, 2.45) is 34.8 Å². The lowest BCUT2D eigenvalue weighted by molar-refractivity contribution is -0.122. The van der Waals surface area contributed by atoms with Crippen LogP contribution in [0.3, 0.4) is 0 Å². The molecule has 0 amide bonds. The van der Waals surface area contributed by atoms with Crippen molar-refractivity contribution in [3.05, 3.63) is 107 Å². The molecule has 4 atom stereocenters. The second-order valence-electron chi connectivity index (χ2n) is 14.1. The highest BCUT2D eigenvalue weighted by molar-refractivity contribution is 5.84. The van der Waals surface area contributed by atoms with Gasteiger partial charge in [0.05, 0.1) is 11.7 Å². The number of rotatable bonds is 18. The lowest BCUT2D eigenvalue weighted by Crippen LogP contribution is -2.46. The maximum absolute atomic E-state index is 14.0. The predicted molar refractivity (Wildman–Crippen MR) is 203 cm³/mol. The first-order chi connectivity index (χ1) is 22.3. The summed E-state index contributed by atoms with van der Waals surface area (Å²) < 4.78 is 0. The molecule has 1 aliphatic rings. The number of fused-ring (bicyclic) bond motifs is 1. The quantitative estimate of drug-likeness (QED) is 0.110. The summed E-state index contributed by atoms with van der Waals surface area (Å²) in [7, 11) is 0. The highest BCUT2D eigenvalue weighted by atomic mass is 16.1. The molecule has 4 heteroatoms. The number of nitrogens with two attached hydrogens (primary N) is 1. The molecule has 4 nitrogen and oxygen atoms in total. The van der Waals surface area contributed by atoms with Crippen LogP contribution in [-0.4, -0.2) is 17.9 Å². The Morgan fingerprint density at radius 2 is 1.53 bits per heavy atom. The molecule has 0 spiro atoms. The van der Waals surface area contributed by atoms with Gasteiger partial charge in [-0.25, -0.2) is 0 Å². The van der Waals surface area contributed by atoms with Crippen molar-refractivity contribution >= 4 is 5.78 Å².